The lowest BCUT2D eigenvalue weighted by molar-refractivity contribution is -0.141. The molecule has 3 unspecified atom stereocenters. The summed E-state index contributed by atoms with van der Waals surface area (Å²) in [5, 5.41) is 15.5. The zero-order valence-corrected chi connectivity index (χ0v) is 21.9. The highest BCUT2D eigenvalue weighted by Crippen LogP contribution is 2.27. The van der Waals surface area contributed by atoms with E-state index in [1.807, 2.05) is 13.8 Å². The Morgan fingerprint density at radius 2 is 1.91 bits per heavy atom. The van der Waals surface area contributed by atoms with Crippen LogP contribution < -0.4 is 10.6 Å². The van der Waals surface area contributed by atoms with E-state index in [9.17, 15) is 19.5 Å². The second-order valence-electron chi connectivity index (χ2n) is 9.31. The first-order valence-electron chi connectivity index (χ1n) is 11.5. The molecule has 0 aliphatic rings. The Labute approximate surface area is 208 Å². The molecule has 1 rings (SSSR count). The number of thiol groups is 1. The van der Waals surface area contributed by atoms with Crippen LogP contribution in [0.5, 0.6) is 5.75 Å². The summed E-state index contributed by atoms with van der Waals surface area (Å²) in [5.74, 6) is -0.782. The number of hydrogen-bond donors (Lipinski definition) is 4. The van der Waals surface area contributed by atoms with Gasteiger partial charge < -0.3 is 25.4 Å². The fraction of sp³-hybridized carbons (Fsp3) is 0.560. The number of carbonyl (C=O) groups is 3. The number of nitrogens with zero attached hydrogens (tertiary/aromatic N) is 1. The molecular weight excluding hydrogens is 454 g/mol. The summed E-state index contributed by atoms with van der Waals surface area (Å²) in [6.45, 7) is 14.6. The highest BCUT2D eigenvalue weighted by Gasteiger charge is 2.35. The quantitative estimate of drug-likeness (QED) is 0.276. The van der Waals surface area contributed by atoms with Crippen molar-refractivity contribution in [2.75, 3.05) is 12.3 Å². The maximum atomic E-state index is 13.6. The Balaban J connectivity index is 3.39. The molecule has 0 spiro atoms. The van der Waals surface area contributed by atoms with Crippen molar-refractivity contribution in [1.82, 2.24) is 15.5 Å². The SMILES string of the molecule is C=CCN(C(=O)C(CS)NC(=O)OC(C)(C)C)C(C(=O)NC(C)CCC)c1ccc(O)c(C)c1. The fourth-order valence-corrected chi connectivity index (χ4v) is 3.69. The molecule has 3 atom stereocenters. The molecule has 0 radical (unpaired) electrons. The van der Waals surface area contributed by atoms with Crippen LogP contribution in [-0.4, -0.2) is 57.9 Å². The van der Waals surface area contributed by atoms with E-state index in [-0.39, 0.29) is 30.0 Å². The number of phenols is 1. The molecule has 0 aliphatic heterocycles. The lowest BCUT2D eigenvalue weighted by Gasteiger charge is -2.34. The standard InChI is InChI=1S/C25H39N3O5S/c1-8-10-17(4)26-22(30)21(18-11-12-20(29)16(3)14-18)28(13-9-2)23(31)19(15-34)27-24(32)33-25(5,6)7/h9,11-12,14,17,19,21,29,34H,2,8,10,13,15H2,1,3-7H3,(H,26,30)(H,27,32). The van der Waals surface area contributed by atoms with Crippen molar-refractivity contribution >= 4 is 30.5 Å². The van der Waals surface area contributed by atoms with E-state index in [2.05, 4.69) is 29.8 Å². The highest BCUT2D eigenvalue weighted by molar-refractivity contribution is 7.80. The minimum atomic E-state index is -1.03. The predicted molar refractivity (Wildman–Crippen MR) is 137 cm³/mol. The second-order valence-corrected chi connectivity index (χ2v) is 9.67. The Bertz CT molecular complexity index is 869. The first kappa shape index (κ1) is 29.4. The number of alkyl carbamates (subject to hydrolysis) is 1. The van der Waals surface area contributed by atoms with Gasteiger partial charge in [0.05, 0.1) is 0 Å². The van der Waals surface area contributed by atoms with Crippen LogP contribution in [0, 0.1) is 6.92 Å². The third kappa shape index (κ3) is 8.93. The van der Waals surface area contributed by atoms with Gasteiger partial charge in [0.15, 0.2) is 0 Å². The van der Waals surface area contributed by atoms with Crippen LogP contribution in [0.1, 0.15) is 64.6 Å². The molecule has 190 valence electrons. The largest absolute Gasteiger partial charge is 0.508 e. The van der Waals surface area contributed by atoms with Crippen molar-refractivity contribution in [3.8, 4) is 5.75 Å². The van der Waals surface area contributed by atoms with Gasteiger partial charge in [0.25, 0.3) is 0 Å². The first-order valence-corrected chi connectivity index (χ1v) is 12.1. The molecule has 3 N–H and O–H groups in total. The molecule has 0 saturated carbocycles. The van der Waals surface area contributed by atoms with Crippen LogP contribution in [-0.2, 0) is 14.3 Å². The predicted octanol–water partition coefficient (Wildman–Crippen LogP) is 3.88. The minimum absolute atomic E-state index is 0.000894. The zero-order valence-electron chi connectivity index (χ0n) is 21.1. The van der Waals surface area contributed by atoms with Crippen LogP contribution in [0.25, 0.3) is 0 Å². The normalized spacial score (nSPS) is 13.9. The van der Waals surface area contributed by atoms with Crippen LogP contribution in [0.4, 0.5) is 4.79 Å². The number of hydrogen-bond acceptors (Lipinski definition) is 6. The number of aromatic hydroxyl groups is 1. The molecule has 8 nitrogen and oxygen atoms in total. The summed E-state index contributed by atoms with van der Waals surface area (Å²) in [5.41, 5.74) is 0.360. The van der Waals surface area contributed by atoms with Crippen LogP contribution in [0.3, 0.4) is 0 Å². The molecule has 1 aromatic rings. The van der Waals surface area contributed by atoms with Gasteiger partial charge in [-0.3, -0.25) is 9.59 Å². The topological polar surface area (TPSA) is 108 Å². The monoisotopic (exact) mass is 493 g/mol. The Hall–Kier alpha value is -2.68. The number of benzene rings is 1. The maximum absolute atomic E-state index is 13.6. The molecule has 1 aromatic carbocycles. The number of phenolic OH excluding ortho intramolecular Hbond substituents is 1. The number of carbonyl (C=O) groups excluding carboxylic acids is 3. The summed E-state index contributed by atoms with van der Waals surface area (Å²) >= 11 is 4.25. The first-order chi connectivity index (χ1) is 15.8. The molecular formula is C25H39N3O5S. The van der Waals surface area contributed by atoms with Crippen molar-refractivity contribution in [1.29, 1.82) is 0 Å². The fourth-order valence-electron chi connectivity index (χ4n) is 3.45. The van der Waals surface area contributed by atoms with Gasteiger partial charge in [0, 0.05) is 18.3 Å². The average molecular weight is 494 g/mol. The van der Waals surface area contributed by atoms with Crippen LogP contribution in [0.15, 0.2) is 30.9 Å². The van der Waals surface area contributed by atoms with Crippen LogP contribution >= 0.6 is 12.6 Å². The molecule has 0 aromatic heterocycles. The molecule has 3 amide bonds. The minimum Gasteiger partial charge on any atom is -0.508 e. The molecule has 34 heavy (non-hydrogen) atoms. The van der Waals surface area contributed by atoms with Gasteiger partial charge in [-0.15, -0.1) is 6.58 Å². The van der Waals surface area contributed by atoms with Gasteiger partial charge >= 0.3 is 6.09 Å². The van der Waals surface area contributed by atoms with E-state index in [0.717, 1.165) is 12.8 Å². The third-order valence-corrected chi connectivity index (χ3v) is 5.35. The molecule has 0 fully saturated rings. The zero-order chi connectivity index (χ0) is 26.1. The van der Waals surface area contributed by atoms with Gasteiger partial charge in [0.2, 0.25) is 11.8 Å². The van der Waals surface area contributed by atoms with E-state index in [0.29, 0.717) is 11.1 Å². The van der Waals surface area contributed by atoms with Crippen molar-refractivity contribution < 1.29 is 24.2 Å². The number of amides is 3. The summed E-state index contributed by atoms with van der Waals surface area (Å²) in [6, 6.07) is 2.64. The smallest absolute Gasteiger partial charge is 0.408 e. The summed E-state index contributed by atoms with van der Waals surface area (Å²) in [4.78, 5) is 40.7. The van der Waals surface area contributed by atoms with Crippen molar-refractivity contribution in [2.45, 2.75) is 78.1 Å². The van der Waals surface area contributed by atoms with Gasteiger partial charge in [-0.05, 0) is 64.3 Å². The summed E-state index contributed by atoms with van der Waals surface area (Å²) in [7, 11) is 0. The Morgan fingerprint density at radius 1 is 1.26 bits per heavy atom. The van der Waals surface area contributed by atoms with Gasteiger partial charge in [0.1, 0.15) is 23.4 Å². The second kappa shape index (κ2) is 13.3. The van der Waals surface area contributed by atoms with E-state index in [1.54, 1.807) is 39.8 Å². The molecule has 0 bridgehead atoms. The van der Waals surface area contributed by atoms with Gasteiger partial charge in [-0.1, -0.05) is 25.5 Å². The van der Waals surface area contributed by atoms with E-state index < -0.39 is 29.7 Å². The lowest BCUT2D eigenvalue weighted by Crippen LogP contribution is -2.54. The number of nitrogens with one attached hydrogen (secondary N) is 2. The maximum Gasteiger partial charge on any atom is 0.408 e. The van der Waals surface area contributed by atoms with Crippen LogP contribution in [0.2, 0.25) is 0 Å². The number of ether oxygens (including phenoxy) is 1. The van der Waals surface area contributed by atoms with Crippen molar-refractivity contribution in [3.63, 3.8) is 0 Å². The Kier molecular flexibility index (Phi) is 11.5. The third-order valence-electron chi connectivity index (χ3n) is 4.99. The molecule has 9 heteroatoms. The summed E-state index contributed by atoms with van der Waals surface area (Å²) < 4.78 is 5.28. The van der Waals surface area contributed by atoms with Gasteiger partial charge in [-0.2, -0.15) is 12.6 Å². The lowest BCUT2D eigenvalue weighted by atomic mass is 10.00. The average Bonchev–Trinajstić information content (AvgIpc) is 2.72. The van der Waals surface area contributed by atoms with E-state index in [1.165, 1.54) is 17.0 Å². The van der Waals surface area contributed by atoms with Crippen molar-refractivity contribution in [3.05, 3.63) is 42.0 Å². The number of rotatable bonds is 11. The molecule has 0 heterocycles. The van der Waals surface area contributed by atoms with E-state index in [4.69, 9.17) is 4.74 Å². The molecule has 0 saturated heterocycles. The highest BCUT2D eigenvalue weighted by atomic mass is 32.1. The summed E-state index contributed by atoms with van der Waals surface area (Å²) in [6.07, 6.45) is 2.43. The Morgan fingerprint density at radius 3 is 2.41 bits per heavy atom. The van der Waals surface area contributed by atoms with Gasteiger partial charge in [-0.25, -0.2) is 4.79 Å². The van der Waals surface area contributed by atoms with E-state index >= 15 is 0 Å². The molecule has 0 aliphatic carbocycles. The number of aryl methyl sites for hydroxylation is 1. The van der Waals surface area contributed by atoms with Crippen molar-refractivity contribution in [2.24, 2.45) is 0 Å².